The van der Waals surface area contributed by atoms with Crippen LogP contribution in [0.5, 0.6) is 0 Å². The Kier molecular flexibility index (Phi) is 10.4. The van der Waals surface area contributed by atoms with Crippen LogP contribution in [0.15, 0.2) is 60.7 Å². The first-order valence-electron chi connectivity index (χ1n) is 12.5. The third kappa shape index (κ3) is 7.63. The van der Waals surface area contributed by atoms with Gasteiger partial charge in [-0.2, -0.15) is 0 Å². The van der Waals surface area contributed by atoms with Crippen molar-refractivity contribution in [2.45, 2.75) is 80.4 Å². The monoisotopic (exact) mass is 537 g/mol. The number of rotatable bonds is 11. The minimum Gasteiger partial charge on any atom is -0.394 e. The van der Waals surface area contributed by atoms with Crippen molar-refractivity contribution in [2.24, 2.45) is 0 Å². The van der Waals surface area contributed by atoms with E-state index in [1.165, 1.54) is 6.42 Å². The van der Waals surface area contributed by atoms with Crippen molar-refractivity contribution in [3.8, 4) is 0 Å². The molecule has 5 atom stereocenters. The molecule has 0 spiro atoms. The van der Waals surface area contributed by atoms with Gasteiger partial charge in [0, 0.05) is 5.25 Å². The fourth-order valence-electron chi connectivity index (χ4n) is 4.49. The fraction of sp³-hybridized carbons (Fsp3) is 0.538. The number of nitrogens with one attached hydrogen (secondary N) is 1. The lowest BCUT2D eigenvalue weighted by molar-refractivity contribution is -0.169. The highest BCUT2D eigenvalue weighted by atomic mass is 32.2. The molecule has 2 aromatic carbocycles. The van der Waals surface area contributed by atoms with E-state index >= 15 is 0 Å². The lowest BCUT2D eigenvalue weighted by Crippen LogP contribution is -2.62. The van der Waals surface area contributed by atoms with E-state index in [1.54, 1.807) is 11.8 Å². The maximum Gasteiger partial charge on any atom is 0.406 e. The van der Waals surface area contributed by atoms with Crippen LogP contribution < -0.4 is 5.09 Å². The Morgan fingerprint density at radius 2 is 1.44 bits per heavy atom. The molecule has 198 valence electrons. The molecule has 2 aliphatic rings. The first-order valence-corrected chi connectivity index (χ1v) is 15.0. The largest absolute Gasteiger partial charge is 0.406 e. The molecule has 36 heavy (non-hydrogen) atoms. The van der Waals surface area contributed by atoms with E-state index in [4.69, 9.17) is 13.8 Å². The van der Waals surface area contributed by atoms with Crippen molar-refractivity contribution in [3.05, 3.63) is 71.8 Å². The van der Waals surface area contributed by atoms with Crippen LogP contribution in [0.4, 0.5) is 0 Å². The van der Waals surface area contributed by atoms with Gasteiger partial charge in [-0.15, -0.1) is 11.8 Å². The van der Waals surface area contributed by atoms with Crippen molar-refractivity contribution in [1.29, 1.82) is 0 Å². The van der Waals surface area contributed by atoms with E-state index in [0.717, 1.165) is 36.8 Å². The molecule has 0 unspecified atom stereocenters. The summed E-state index contributed by atoms with van der Waals surface area (Å²) >= 11 is 1.54. The zero-order valence-electron chi connectivity index (χ0n) is 20.2. The lowest BCUT2D eigenvalue weighted by Gasteiger charge is -2.44. The predicted molar refractivity (Wildman–Crippen MR) is 139 cm³/mol. The molecule has 1 aliphatic heterocycles. The average molecular weight is 538 g/mol. The summed E-state index contributed by atoms with van der Waals surface area (Å²) in [5, 5.41) is 34.5. The molecule has 0 bridgehead atoms. The number of ether oxygens (including phenoxy) is 1. The summed E-state index contributed by atoms with van der Waals surface area (Å²) < 4.78 is 31.7. The molecule has 2 aromatic rings. The van der Waals surface area contributed by atoms with Crippen LogP contribution in [0, 0.1) is 0 Å². The molecule has 0 aromatic heterocycles. The van der Waals surface area contributed by atoms with Crippen LogP contribution in [0.2, 0.25) is 0 Å². The predicted octanol–water partition coefficient (Wildman–Crippen LogP) is 3.99. The molecule has 10 heteroatoms. The minimum absolute atomic E-state index is 0.0336. The molecule has 2 fully saturated rings. The Morgan fingerprint density at radius 1 is 0.889 bits per heavy atom. The molecule has 0 amide bonds. The van der Waals surface area contributed by atoms with E-state index in [9.17, 15) is 19.9 Å². The number of aliphatic hydroxyl groups is 3. The number of hydrogen-bond donors (Lipinski definition) is 4. The Balaban J connectivity index is 1.53. The van der Waals surface area contributed by atoms with E-state index < -0.39 is 44.1 Å². The van der Waals surface area contributed by atoms with Gasteiger partial charge in [0.1, 0.15) is 23.7 Å². The first-order chi connectivity index (χ1) is 17.5. The third-order valence-corrected chi connectivity index (χ3v) is 9.64. The second kappa shape index (κ2) is 13.5. The molecule has 1 heterocycles. The summed E-state index contributed by atoms with van der Waals surface area (Å²) in [4.78, 5) is 0. The summed E-state index contributed by atoms with van der Waals surface area (Å²) in [5.41, 5.74) is 0.978. The van der Waals surface area contributed by atoms with Crippen LogP contribution in [0.25, 0.3) is 0 Å². The van der Waals surface area contributed by atoms with Crippen LogP contribution >= 0.6 is 19.5 Å². The van der Waals surface area contributed by atoms with E-state index in [-0.39, 0.29) is 13.2 Å². The number of aliphatic hydroxyl groups excluding tert-OH is 3. The maximum absolute atomic E-state index is 14.0. The molecule has 4 N–H and O–H groups in total. The van der Waals surface area contributed by atoms with E-state index in [2.05, 4.69) is 5.09 Å². The minimum atomic E-state index is -3.98. The van der Waals surface area contributed by atoms with E-state index in [1.807, 2.05) is 60.7 Å². The van der Waals surface area contributed by atoms with E-state index in [0.29, 0.717) is 5.25 Å². The quantitative estimate of drug-likeness (QED) is 0.316. The number of thioether (sulfide) groups is 1. The summed E-state index contributed by atoms with van der Waals surface area (Å²) in [6.07, 6.45) is 1.85. The van der Waals surface area contributed by atoms with Crippen molar-refractivity contribution in [1.82, 2.24) is 5.09 Å². The second-order valence-electron chi connectivity index (χ2n) is 9.27. The topological polar surface area (TPSA) is 117 Å². The molecule has 8 nitrogen and oxygen atoms in total. The van der Waals surface area contributed by atoms with Gasteiger partial charge in [-0.1, -0.05) is 79.9 Å². The fourth-order valence-corrected chi connectivity index (χ4v) is 7.69. The molecular formula is C26H36NO7PS. The van der Waals surface area contributed by atoms with Crippen LogP contribution in [0.1, 0.15) is 43.2 Å². The van der Waals surface area contributed by atoms with Gasteiger partial charge in [0.2, 0.25) is 0 Å². The van der Waals surface area contributed by atoms with Crippen molar-refractivity contribution < 1.29 is 33.7 Å². The Hall–Kier alpha value is -1.26. The summed E-state index contributed by atoms with van der Waals surface area (Å²) in [5.74, 6) is 0. The molecule has 1 saturated heterocycles. The Bertz CT molecular complexity index is 916. The standard InChI is InChI=1S/C26H36NO7PS/c28-16-22-24(29)25(30)23(26(34-22)36-21-14-8-3-9-15-21)27-35(31,32-17-19-10-4-1-5-11-19)33-18-20-12-6-2-7-13-20/h1-2,4-7,10-13,21-26,28-30H,3,8-9,14-18H2,(H,27,31)/t22-,23-,24-,25-,26-/m1/s1. The molecule has 0 radical (unpaired) electrons. The van der Waals surface area contributed by atoms with Gasteiger partial charge in [0.25, 0.3) is 0 Å². The first kappa shape index (κ1) is 27.8. The van der Waals surface area contributed by atoms with Crippen molar-refractivity contribution >= 4 is 19.5 Å². The van der Waals surface area contributed by atoms with Crippen molar-refractivity contribution in [2.75, 3.05) is 6.61 Å². The van der Waals surface area contributed by atoms with Crippen LogP contribution in [-0.4, -0.2) is 57.0 Å². The average Bonchev–Trinajstić information content (AvgIpc) is 2.92. The van der Waals surface area contributed by atoms with Gasteiger partial charge in [0.05, 0.1) is 25.9 Å². The summed E-state index contributed by atoms with van der Waals surface area (Å²) in [6.45, 7) is -0.364. The van der Waals surface area contributed by atoms with Gasteiger partial charge in [-0.05, 0) is 24.0 Å². The molecule has 1 aliphatic carbocycles. The Morgan fingerprint density at radius 3 is 1.97 bits per heavy atom. The zero-order chi connectivity index (χ0) is 25.4. The SMILES string of the molecule is O=P(N[C@@H]1[C@@H](O)[C@H](O)[C@@H](CO)O[C@@H]1SC1CCCCC1)(OCc1ccccc1)OCc1ccccc1. The highest BCUT2D eigenvalue weighted by Crippen LogP contribution is 2.48. The smallest absolute Gasteiger partial charge is 0.394 e. The highest BCUT2D eigenvalue weighted by Gasteiger charge is 2.48. The van der Waals surface area contributed by atoms with Gasteiger partial charge >= 0.3 is 7.75 Å². The number of benzene rings is 2. The van der Waals surface area contributed by atoms with Crippen molar-refractivity contribution in [3.63, 3.8) is 0 Å². The second-order valence-corrected chi connectivity index (χ2v) is 12.4. The summed E-state index contributed by atoms with van der Waals surface area (Å²) in [7, 11) is -3.98. The van der Waals surface area contributed by atoms with Gasteiger partial charge in [0.15, 0.2) is 0 Å². The Labute approximate surface area is 217 Å². The third-order valence-electron chi connectivity index (χ3n) is 6.55. The lowest BCUT2D eigenvalue weighted by atomic mass is 9.99. The van der Waals surface area contributed by atoms with Gasteiger partial charge < -0.3 is 20.1 Å². The zero-order valence-corrected chi connectivity index (χ0v) is 21.9. The van der Waals surface area contributed by atoms with Gasteiger partial charge in [-0.3, -0.25) is 9.05 Å². The number of hydrogen-bond acceptors (Lipinski definition) is 8. The van der Waals surface area contributed by atoms with Crippen LogP contribution in [0.3, 0.4) is 0 Å². The summed E-state index contributed by atoms with van der Waals surface area (Å²) in [6, 6.07) is 17.7. The molecular weight excluding hydrogens is 501 g/mol. The molecule has 1 saturated carbocycles. The highest BCUT2D eigenvalue weighted by molar-refractivity contribution is 8.00. The van der Waals surface area contributed by atoms with Gasteiger partial charge in [-0.25, -0.2) is 9.65 Å². The normalized spacial score (nSPS) is 27.7. The maximum atomic E-state index is 14.0. The molecule has 4 rings (SSSR count). The van der Waals surface area contributed by atoms with Crippen LogP contribution in [-0.2, 0) is 31.6 Å².